The Hall–Kier alpha value is -2.13. The van der Waals surface area contributed by atoms with E-state index in [-0.39, 0.29) is 5.57 Å². The average molecular weight is 400 g/mol. The third-order valence-electron chi connectivity index (χ3n) is 3.47. The second-order valence-corrected chi connectivity index (χ2v) is 6.66. The van der Waals surface area contributed by atoms with Gasteiger partial charge in [-0.1, -0.05) is 34.3 Å². The van der Waals surface area contributed by atoms with E-state index in [1.165, 1.54) is 20.8 Å². The molecule has 0 aromatic carbocycles. The van der Waals surface area contributed by atoms with Crippen LogP contribution in [0.5, 0.6) is 0 Å². The van der Waals surface area contributed by atoms with E-state index >= 15 is 0 Å². The van der Waals surface area contributed by atoms with Gasteiger partial charge in [-0.2, -0.15) is 17.6 Å². The van der Waals surface area contributed by atoms with Crippen molar-refractivity contribution in [2.75, 3.05) is 7.11 Å². The van der Waals surface area contributed by atoms with Crippen molar-refractivity contribution < 1.29 is 46.2 Å². The lowest BCUT2D eigenvalue weighted by Crippen LogP contribution is -2.53. The Bertz CT molecular complexity index is 586. The van der Waals surface area contributed by atoms with Gasteiger partial charge in [-0.3, -0.25) is 0 Å². The highest BCUT2D eigenvalue weighted by molar-refractivity contribution is 5.88. The minimum Gasteiger partial charge on any atom is -0.464 e. The van der Waals surface area contributed by atoms with E-state index in [0.29, 0.717) is 7.11 Å². The minimum atomic E-state index is -4.45. The lowest BCUT2D eigenvalue weighted by molar-refractivity contribution is -0.226. The molecule has 6 nitrogen and oxygen atoms in total. The predicted molar refractivity (Wildman–Crippen MR) is 86.2 cm³/mol. The summed E-state index contributed by atoms with van der Waals surface area (Å²) in [5.74, 6) is -16.6. The first kappa shape index (κ1) is 24.9. The lowest BCUT2D eigenvalue weighted by atomic mass is 9.98. The fourth-order valence-corrected chi connectivity index (χ4v) is 2.04. The Morgan fingerprint density at radius 3 is 1.52 bits per heavy atom. The summed E-state index contributed by atoms with van der Waals surface area (Å²) >= 11 is 0. The number of hydrogen-bond donors (Lipinski definition) is 0. The molecule has 27 heavy (non-hydrogen) atoms. The lowest BCUT2D eigenvalue weighted by Gasteiger charge is -2.32. The van der Waals surface area contributed by atoms with Crippen molar-refractivity contribution >= 4 is 17.9 Å². The molecule has 10 heteroatoms. The highest BCUT2D eigenvalue weighted by Crippen LogP contribution is 2.34. The molecule has 2 unspecified atom stereocenters. The van der Waals surface area contributed by atoms with E-state index in [0.717, 1.165) is 13.8 Å². The molecule has 0 aliphatic heterocycles. The van der Waals surface area contributed by atoms with Crippen molar-refractivity contribution in [1.82, 2.24) is 0 Å². The van der Waals surface area contributed by atoms with Gasteiger partial charge >= 0.3 is 29.8 Å². The van der Waals surface area contributed by atoms with Crippen LogP contribution in [0.1, 0.15) is 34.6 Å². The van der Waals surface area contributed by atoms with Gasteiger partial charge in [0, 0.05) is 5.57 Å². The molecule has 0 heterocycles. The summed E-state index contributed by atoms with van der Waals surface area (Å²) in [6, 6.07) is 0. The number of esters is 3. The van der Waals surface area contributed by atoms with Crippen LogP contribution in [0.25, 0.3) is 0 Å². The highest BCUT2D eigenvalue weighted by atomic mass is 19.3. The third kappa shape index (κ3) is 5.93. The van der Waals surface area contributed by atoms with Gasteiger partial charge in [-0.15, -0.1) is 0 Å². The summed E-state index contributed by atoms with van der Waals surface area (Å²) in [5.41, 5.74) is -0.193. The van der Waals surface area contributed by atoms with Crippen LogP contribution < -0.4 is 0 Å². The molecule has 0 rings (SSSR count). The topological polar surface area (TPSA) is 78.9 Å². The van der Waals surface area contributed by atoms with Crippen LogP contribution in [0.4, 0.5) is 17.6 Å². The van der Waals surface area contributed by atoms with Gasteiger partial charge in [0.05, 0.1) is 7.11 Å². The smallest absolute Gasteiger partial charge is 0.381 e. The Balaban J connectivity index is 5.71. The molecule has 0 fully saturated rings. The van der Waals surface area contributed by atoms with Crippen LogP contribution in [-0.4, -0.2) is 49.1 Å². The number of methoxy groups -OCH3 is 1. The van der Waals surface area contributed by atoms with Crippen LogP contribution in [0.3, 0.4) is 0 Å². The third-order valence-corrected chi connectivity index (χ3v) is 3.47. The number of hydrogen-bond acceptors (Lipinski definition) is 6. The van der Waals surface area contributed by atoms with Gasteiger partial charge in [0.2, 0.25) is 0 Å². The molecule has 0 amide bonds. The minimum absolute atomic E-state index is 0.193. The zero-order chi connectivity index (χ0) is 21.7. The van der Waals surface area contributed by atoms with E-state index in [9.17, 15) is 31.9 Å². The number of ether oxygens (including phenoxy) is 3. The Kier molecular flexibility index (Phi) is 8.46. The molecule has 0 saturated heterocycles. The standard InChI is InChI=1S/C17H24F4O6/c1-8(2)11(26-13(22)10(5)6)17(20,21)15(24)27-12(9(3)4)16(18,19)14(23)25-7/h8-9,11-12H,5H2,1-4,6-7H3. The van der Waals surface area contributed by atoms with Crippen LogP contribution in [0, 0.1) is 11.8 Å². The van der Waals surface area contributed by atoms with Gasteiger partial charge in [-0.05, 0) is 18.8 Å². The van der Waals surface area contributed by atoms with Crippen molar-refractivity contribution in [3.63, 3.8) is 0 Å². The fraction of sp³-hybridized carbons (Fsp3) is 0.706. The Labute approximate surface area is 154 Å². The fourth-order valence-electron chi connectivity index (χ4n) is 2.04. The van der Waals surface area contributed by atoms with Gasteiger partial charge < -0.3 is 14.2 Å². The van der Waals surface area contributed by atoms with Gasteiger partial charge in [0.25, 0.3) is 0 Å². The summed E-state index contributed by atoms with van der Waals surface area (Å²) in [6.07, 6.45) is -4.79. The van der Waals surface area contributed by atoms with E-state index in [2.05, 4.69) is 20.8 Å². The molecule has 0 saturated carbocycles. The Morgan fingerprint density at radius 2 is 1.19 bits per heavy atom. The molecule has 2 atom stereocenters. The monoisotopic (exact) mass is 400 g/mol. The second-order valence-electron chi connectivity index (χ2n) is 6.66. The van der Waals surface area contributed by atoms with E-state index in [4.69, 9.17) is 0 Å². The van der Waals surface area contributed by atoms with Crippen molar-refractivity contribution in [1.29, 1.82) is 0 Å². The molecule has 0 aliphatic rings. The first-order valence-electron chi connectivity index (χ1n) is 8.02. The molecule has 0 aliphatic carbocycles. The summed E-state index contributed by atoms with van der Waals surface area (Å²) in [4.78, 5) is 34.8. The normalized spacial score (nSPS) is 14.5. The molecule has 0 bridgehead atoms. The summed E-state index contributed by atoms with van der Waals surface area (Å²) in [5, 5.41) is 0. The first-order chi connectivity index (χ1) is 12.1. The molecule has 156 valence electrons. The number of carbonyl (C=O) groups excluding carboxylic acids is 3. The van der Waals surface area contributed by atoms with Crippen LogP contribution >= 0.6 is 0 Å². The zero-order valence-electron chi connectivity index (χ0n) is 16.0. The van der Waals surface area contributed by atoms with Gasteiger partial charge in [0.1, 0.15) is 0 Å². The van der Waals surface area contributed by atoms with Crippen molar-refractivity contribution in [2.45, 2.75) is 58.7 Å². The first-order valence-corrected chi connectivity index (χ1v) is 8.02. The number of carbonyl (C=O) groups is 3. The van der Waals surface area contributed by atoms with Crippen molar-refractivity contribution in [3.05, 3.63) is 12.2 Å². The van der Waals surface area contributed by atoms with E-state index in [1.807, 2.05) is 0 Å². The van der Waals surface area contributed by atoms with Crippen molar-refractivity contribution in [2.24, 2.45) is 11.8 Å². The number of halogens is 4. The molecule has 0 aromatic rings. The molecular formula is C17H24F4O6. The summed E-state index contributed by atoms with van der Waals surface area (Å²) in [6.45, 7) is 9.22. The number of alkyl halides is 4. The molecule has 0 aromatic heterocycles. The maximum Gasteiger partial charge on any atom is 0.381 e. The zero-order valence-corrected chi connectivity index (χ0v) is 16.0. The molecule has 0 radical (unpaired) electrons. The Morgan fingerprint density at radius 1 is 0.815 bits per heavy atom. The van der Waals surface area contributed by atoms with Crippen LogP contribution in [-0.2, 0) is 28.6 Å². The quantitative estimate of drug-likeness (QED) is 0.256. The maximum absolute atomic E-state index is 14.5. The van der Waals surface area contributed by atoms with Gasteiger partial charge in [0.15, 0.2) is 12.2 Å². The molecule has 0 N–H and O–H groups in total. The predicted octanol–water partition coefficient (Wildman–Crippen LogP) is 3.14. The summed E-state index contributed by atoms with van der Waals surface area (Å²) in [7, 11) is 0.677. The van der Waals surface area contributed by atoms with Crippen molar-refractivity contribution in [3.8, 4) is 0 Å². The highest BCUT2D eigenvalue weighted by Gasteiger charge is 2.58. The van der Waals surface area contributed by atoms with Crippen LogP contribution in [0.2, 0.25) is 0 Å². The van der Waals surface area contributed by atoms with Gasteiger partial charge in [-0.25, -0.2) is 14.4 Å². The summed E-state index contributed by atoms with van der Waals surface area (Å²) < 4.78 is 69.9. The van der Waals surface area contributed by atoms with Crippen LogP contribution in [0.15, 0.2) is 12.2 Å². The van der Waals surface area contributed by atoms with E-state index < -0.39 is 53.8 Å². The average Bonchev–Trinajstić information content (AvgIpc) is 2.54. The maximum atomic E-state index is 14.5. The van der Waals surface area contributed by atoms with E-state index in [1.54, 1.807) is 0 Å². The number of rotatable bonds is 9. The second kappa shape index (κ2) is 9.18. The largest absolute Gasteiger partial charge is 0.464 e. The molecule has 0 spiro atoms. The molecular weight excluding hydrogens is 376 g/mol. The SMILES string of the molecule is C=C(C)C(=O)OC(C(C)C)C(F)(F)C(=O)OC(C(C)C)C(F)(F)C(=O)OC.